The second-order valence-electron chi connectivity index (χ2n) is 5.52. The monoisotopic (exact) mass is 371 g/mol. The van der Waals surface area contributed by atoms with E-state index in [0.29, 0.717) is 40.1 Å². The number of aromatic nitrogens is 1. The first kappa shape index (κ1) is 18.4. The Morgan fingerprint density at radius 1 is 0.667 bits per heavy atom. The van der Waals surface area contributed by atoms with Crippen molar-refractivity contribution < 1.29 is 28.2 Å². The molecule has 0 fully saturated rings. The fourth-order valence-electron chi connectivity index (χ4n) is 2.92. The largest absolute Gasteiger partial charge is 0.493 e. The summed E-state index contributed by atoms with van der Waals surface area (Å²) in [5.41, 5.74) is 2.33. The molecule has 0 unspecified atom stereocenters. The molecule has 0 amide bonds. The Kier molecular flexibility index (Phi) is 5.40. The van der Waals surface area contributed by atoms with Crippen molar-refractivity contribution in [3.05, 3.63) is 36.5 Å². The molecule has 0 saturated carbocycles. The van der Waals surface area contributed by atoms with Gasteiger partial charge in [0.1, 0.15) is 0 Å². The van der Waals surface area contributed by atoms with Gasteiger partial charge in [0.15, 0.2) is 28.8 Å². The molecule has 0 saturated heterocycles. The minimum atomic E-state index is 0.479. The molecule has 142 valence electrons. The summed E-state index contributed by atoms with van der Waals surface area (Å²) in [6.07, 6.45) is 1.65. The molecule has 27 heavy (non-hydrogen) atoms. The number of ether oxygens (including phenoxy) is 5. The number of methoxy groups -OCH3 is 5. The lowest BCUT2D eigenvalue weighted by Crippen LogP contribution is -1.97. The van der Waals surface area contributed by atoms with Crippen molar-refractivity contribution in [2.45, 2.75) is 0 Å². The molecule has 3 aromatic rings. The molecule has 1 aromatic heterocycles. The van der Waals surface area contributed by atoms with Gasteiger partial charge in [-0.3, -0.25) is 0 Å². The highest BCUT2D eigenvalue weighted by atomic mass is 16.5. The van der Waals surface area contributed by atoms with Crippen LogP contribution in [0.15, 0.2) is 41.1 Å². The fourth-order valence-corrected chi connectivity index (χ4v) is 2.92. The highest BCUT2D eigenvalue weighted by molar-refractivity contribution is 5.84. The molecule has 0 aliphatic rings. The molecule has 2 aromatic carbocycles. The molecule has 0 aliphatic carbocycles. The van der Waals surface area contributed by atoms with E-state index in [1.165, 1.54) is 0 Å². The van der Waals surface area contributed by atoms with E-state index >= 15 is 0 Å². The van der Waals surface area contributed by atoms with Crippen LogP contribution in [0.5, 0.6) is 28.7 Å². The van der Waals surface area contributed by atoms with Crippen LogP contribution >= 0.6 is 0 Å². The van der Waals surface area contributed by atoms with Gasteiger partial charge < -0.3 is 28.2 Å². The summed E-state index contributed by atoms with van der Waals surface area (Å²) in [5, 5.41) is 3.97. The Morgan fingerprint density at radius 3 is 1.96 bits per heavy atom. The predicted octanol–water partition coefficient (Wildman–Crippen LogP) is 4.05. The van der Waals surface area contributed by atoms with Gasteiger partial charge in [-0.2, -0.15) is 0 Å². The van der Waals surface area contributed by atoms with Gasteiger partial charge in [-0.05, 0) is 29.8 Å². The first-order valence-corrected chi connectivity index (χ1v) is 8.14. The molecular formula is C20H21NO6. The van der Waals surface area contributed by atoms with E-state index in [0.717, 1.165) is 11.1 Å². The quantitative estimate of drug-likeness (QED) is 0.620. The van der Waals surface area contributed by atoms with Crippen molar-refractivity contribution in [2.75, 3.05) is 35.5 Å². The zero-order chi connectivity index (χ0) is 19.4. The van der Waals surface area contributed by atoms with Crippen molar-refractivity contribution in [1.82, 2.24) is 5.16 Å². The third-order valence-electron chi connectivity index (χ3n) is 4.21. The normalized spacial score (nSPS) is 10.4. The zero-order valence-corrected chi connectivity index (χ0v) is 15.9. The average Bonchev–Trinajstić information content (AvgIpc) is 3.21. The molecule has 0 spiro atoms. The zero-order valence-electron chi connectivity index (χ0n) is 15.9. The Hall–Kier alpha value is -3.35. The lowest BCUT2D eigenvalue weighted by atomic mass is 10.0. The van der Waals surface area contributed by atoms with Crippen molar-refractivity contribution in [3.63, 3.8) is 0 Å². The van der Waals surface area contributed by atoms with Crippen LogP contribution in [0.4, 0.5) is 0 Å². The first-order valence-electron chi connectivity index (χ1n) is 8.14. The van der Waals surface area contributed by atoms with Crippen molar-refractivity contribution >= 4 is 0 Å². The standard InChI is InChI=1S/C20H21NO6/c1-22-15-8-6-12(10-17(15)24-3)14-11-21-27-18(14)13-7-9-16(23-2)20(26-5)19(13)25-4/h6-11H,1-5H3. The number of hydrogen-bond acceptors (Lipinski definition) is 7. The van der Waals surface area contributed by atoms with E-state index in [9.17, 15) is 0 Å². The molecule has 7 nitrogen and oxygen atoms in total. The van der Waals surface area contributed by atoms with Crippen LogP contribution in [0, 0.1) is 0 Å². The van der Waals surface area contributed by atoms with Crippen molar-refractivity contribution in [1.29, 1.82) is 0 Å². The number of nitrogens with zero attached hydrogens (tertiary/aromatic N) is 1. The Labute approximate surface area is 157 Å². The van der Waals surface area contributed by atoms with Gasteiger partial charge in [0.05, 0.1) is 47.3 Å². The third kappa shape index (κ3) is 3.23. The summed E-state index contributed by atoms with van der Waals surface area (Å²) in [5.74, 6) is 3.33. The molecule has 7 heteroatoms. The maximum Gasteiger partial charge on any atom is 0.204 e. The fraction of sp³-hybridized carbons (Fsp3) is 0.250. The van der Waals surface area contributed by atoms with E-state index < -0.39 is 0 Å². The van der Waals surface area contributed by atoms with Crippen LogP contribution in [-0.4, -0.2) is 40.7 Å². The SMILES string of the molecule is COc1ccc(-c2cnoc2-c2ccc(OC)c(OC)c2OC)cc1OC. The molecule has 0 bridgehead atoms. The van der Waals surface area contributed by atoms with Crippen LogP contribution in [0.3, 0.4) is 0 Å². The summed E-state index contributed by atoms with van der Waals surface area (Å²) < 4.78 is 32.6. The average molecular weight is 371 g/mol. The highest BCUT2D eigenvalue weighted by Crippen LogP contribution is 2.47. The summed E-state index contributed by atoms with van der Waals surface area (Å²) in [6.45, 7) is 0. The molecular weight excluding hydrogens is 350 g/mol. The number of benzene rings is 2. The maximum absolute atomic E-state index is 5.57. The lowest BCUT2D eigenvalue weighted by molar-refractivity contribution is 0.324. The van der Waals surface area contributed by atoms with Crippen molar-refractivity contribution in [2.24, 2.45) is 0 Å². The van der Waals surface area contributed by atoms with Crippen LogP contribution in [0.25, 0.3) is 22.5 Å². The smallest absolute Gasteiger partial charge is 0.204 e. The molecule has 0 aliphatic heterocycles. The van der Waals surface area contributed by atoms with Crippen molar-refractivity contribution in [3.8, 4) is 51.2 Å². The van der Waals surface area contributed by atoms with E-state index in [-0.39, 0.29) is 0 Å². The number of hydrogen-bond donors (Lipinski definition) is 0. The van der Waals surface area contributed by atoms with Crippen LogP contribution < -0.4 is 23.7 Å². The van der Waals surface area contributed by atoms with Gasteiger partial charge in [0.2, 0.25) is 5.75 Å². The molecule has 0 N–H and O–H groups in total. The maximum atomic E-state index is 5.57. The van der Waals surface area contributed by atoms with E-state index in [1.54, 1.807) is 47.8 Å². The second-order valence-corrected chi connectivity index (χ2v) is 5.52. The Morgan fingerprint density at radius 2 is 1.33 bits per heavy atom. The van der Waals surface area contributed by atoms with E-state index in [2.05, 4.69) is 5.16 Å². The van der Waals surface area contributed by atoms with Crippen LogP contribution in [0.2, 0.25) is 0 Å². The van der Waals surface area contributed by atoms with Gasteiger partial charge >= 0.3 is 0 Å². The Bertz CT molecular complexity index is 934. The topological polar surface area (TPSA) is 72.2 Å². The number of rotatable bonds is 7. The summed E-state index contributed by atoms with van der Waals surface area (Å²) in [7, 11) is 7.87. The summed E-state index contributed by atoms with van der Waals surface area (Å²) >= 11 is 0. The predicted molar refractivity (Wildman–Crippen MR) is 100 cm³/mol. The van der Waals surface area contributed by atoms with Crippen LogP contribution in [-0.2, 0) is 0 Å². The molecule has 0 radical (unpaired) electrons. The van der Waals surface area contributed by atoms with E-state index in [4.69, 9.17) is 28.2 Å². The summed E-state index contributed by atoms with van der Waals surface area (Å²) in [4.78, 5) is 0. The van der Waals surface area contributed by atoms with Gasteiger partial charge in [-0.1, -0.05) is 11.2 Å². The van der Waals surface area contributed by atoms with Gasteiger partial charge in [-0.15, -0.1) is 0 Å². The lowest BCUT2D eigenvalue weighted by Gasteiger charge is -2.15. The molecule has 1 heterocycles. The van der Waals surface area contributed by atoms with Crippen LogP contribution in [0.1, 0.15) is 0 Å². The van der Waals surface area contributed by atoms with Gasteiger partial charge in [-0.25, -0.2) is 0 Å². The van der Waals surface area contributed by atoms with Gasteiger partial charge in [0, 0.05) is 5.56 Å². The summed E-state index contributed by atoms with van der Waals surface area (Å²) in [6, 6.07) is 9.23. The second kappa shape index (κ2) is 7.90. The third-order valence-corrected chi connectivity index (χ3v) is 4.21. The first-order chi connectivity index (χ1) is 13.2. The Balaban J connectivity index is 2.16. The minimum Gasteiger partial charge on any atom is -0.493 e. The minimum absolute atomic E-state index is 0.479. The molecule has 0 atom stereocenters. The van der Waals surface area contributed by atoms with Gasteiger partial charge in [0.25, 0.3) is 0 Å². The van der Waals surface area contributed by atoms with E-state index in [1.807, 2.05) is 24.3 Å². The highest BCUT2D eigenvalue weighted by Gasteiger charge is 2.23. The molecule has 3 rings (SSSR count).